The summed E-state index contributed by atoms with van der Waals surface area (Å²) in [6, 6.07) is 16.1. The van der Waals surface area contributed by atoms with Gasteiger partial charge in [-0.3, -0.25) is 9.59 Å². The number of hydrogen-bond donors (Lipinski definition) is 2. The van der Waals surface area contributed by atoms with E-state index in [1.165, 1.54) is 0 Å². The van der Waals surface area contributed by atoms with Crippen molar-refractivity contribution < 1.29 is 14.3 Å². The molecule has 2 N–H and O–H groups in total. The lowest BCUT2D eigenvalue weighted by Crippen LogP contribution is -2.36. The summed E-state index contributed by atoms with van der Waals surface area (Å²) in [5.41, 5.74) is 1.48. The topological polar surface area (TPSA) is 67.4 Å². The molecule has 23 heavy (non-hydrogen) atoms. The highest BCUT2D eigenvalue weighted by molar-refractivity contribution is 6.39. The molecule has 1 unspecified atom stereocenters. The van der Waals surface area contributed by atoms with Gasteiger partial charge in [-0.15, -0.1) is 0 Å². The Morgan fingerprint density at radius 1 is 1.00 bits per heavy atom. The molecule has 1 atom stereocenters. The number of carbonyl (C=O) groups excluding carboxylic acids is 2. The minimum atomic E-state index is -0.697. The van der Waals surface area contributed by atoms with Crippen LogP contribution in [0.5, 0.6) is 5.75 Å². The zero-order chi connectivity index (χ0) is 16.7. The van der Waals surface area contributed by atoms with Crippen molar-refractivity contribution in [3.63, 3.8) is 0 Å². The first kappa shape index (κ1) is 16.5. The van der Waals surface area contributed by atoms with Crippen molar-refractivity contribution in [2.75, 3.05) is 11.9 Å². The zero-order valence-corrected chi connectivity index (χ0v) is 13.2. The fraction of sp³-hybridized carbons (Fsp3) is 0.222. The third-order valence-electron chi connectivity index (χ3n) is 3.28. The lowest BCUT2D eigenvalue weighted by molar-refractivity contribution is -0.136. The van der Waals surface area contributed by atoms with Crippen molar-refractivity contribution in [2.45, 2.75) is 19.9 Å². The Balaban J connectivity index is 1.91. The van der Waals surface area contributed by atoms with E-state index < -0.39 is 11.8 Å². The van der Waals surface area contributed by atoms with Crippen LogP contribution in [0.1, 0.15) is 25.5 Å². The Kier molecular flexibility index (Phi) is 5.74. The van der Waals surface area contributed by atoms with E-state index in [0.717, 1.165) is 5.56 Å². The number of amides is 2. The van der Waals surface area contributed by atoms with Crippen LogP contribution in [0.25, 0.3) is 0 Å². The third-order valence-corrected chi connectivity index (χ3v) is 3.28. The van der Waals surface area contributed by atoms with Gasteiger partial charge in [0, 0.05) is 5.69 Å². The SMILES string of the molecule is CCOc1ccc(NC(=O)C(=O)NC(C)c2ccccc2)cc1. The maximum Gasteiger partial charge on any atom is 0.313 e. The molecule has 0 aliphatic heterocycles. The van der Waals surface area contributed by atoms with E-state index >= 15 is 0 Å². The molecule has 0 fully saturated rings. The van der Waals surface area contributed by atoms with Crippen LogP contribution in [-0.4, -0.2) is 18.4 Å². The number of ether oxygens (including phenoxy) is 1. The summed E-state index contributed by atoms with van der Waals surface area (Å²) in [6.45, 7) is 4.30. The molecule has 0 spiro atoms. The van der Waals surface area contributed by atoms with E-state index in [1.54, 1.807) is 24.3 Å². The van der Waals surface area contributed by atoms with Gasteiger partial charge in [0.1, 0.15) is 5.75 Å². The van der Waals surface area contributed by atoms with Crippen molar-refractivity contribution in [1.29, 1.82) is 0 Å². The second-order valence-electron chi connectivity index (χ2n) is 5.02. The van der Waals surface area contributed by atoms with E-state index in [1.807, 2.05) is 44.2 Å². The molecule has 2 aromatic rings. The Bertz CT molecular complexity index is 654. The maximum atomic E-state index is 12.0. The number of rotatable bonds is 5. The molecule has 0 aromatic heterocycles. The van der Waals surface area contributed by atoms with Crippen molar-refractivity contribution >= 4 is 17.5 Å². The van der Waals surface area contributed by atoms with Crippen LogP contribution >= 0.6 is 0 Å². The summed E-state index contributed by atoms with van der Waals surface area (Å²) in [6.07, 6.45) is 0. The first-order valence-electron chi connectivity index (χ1n) is 7.49. The lowest BCUT2D eigenvalue weighted by atomic mass is 10.1. The average Bonchev–Trinajstić information content (AvgIpc) is 2.57. The molecule has 2 amide bonds. The smallest absolute Gasteiger partial charge is 0.313 e. The minimum Gasteiger partial charge on any atom is -0.494 e. The van der Waals surface area contributed by atoms with Gasteiger partial charge in [0.2, 0.25) is 0 Å². The Hall–Kier alpha value is -2.82. The van der Waals surface area contributed by atoms with Crippen molar-refractivity contribution in [3.05, 3.63) is 60.2 Å². The Morgan fingerprint density at radius 2 is 1.65 bits per heavy atom. The molecule has 0 radical (unpaired) electrons. The molecule has 0 heterocycles. The molecule has 120 valence electrons. The average molecular weight is 312 g/mol. The van der Waals surface area contributed by atoms with Crippen LogP contribution in [0, 0.1) is 0 Å². The third kappa shape index (κ3) is 4.85. The Morgan fingerprint density at radius 3 is 2.26 bits per heavy atom. The highest BCUT2D eigenvalue weighted by Crippen LogP contribution is 2.16. The molecule has 0 aliphatic rings. The molecule has 5 nitrogen and oxygen atoms in total. The van der Waals surface area contributed by atoms with Gasteiger partial charge in [0.15, 0.2) is 0 Å². The Labute approximate surface area is 135 Å². The number of benzene rings is 2. The summed E-state index contributed by atoms with van der Waals surface area (Å²) >= 11 is 0. The predicted octanol–water partition coefficient (Wildman–Crippen LogP) is 2.90. The van der Waals surface area contributed by atoms with Gasteiger partial charge in [0.25, 0.3) is 0 Å². The minimum absolute atomic E-state index is 0.241. The molecule has 5 heteroatoms. The van der Waals surface area contributed by atoms with E-state index in [9.17, 15) is 9.59 Å². The van der Waals surface area contributed by atoms with Gasteiger partial charge in [-0.1, -0.05) is 30.3 Å². The molecule has 0 bridgehead atoms. The molecule has 0 aliphatic carbocycles. The van der Waals surface area contributed by atoms with Crippen molar-refractivity contribution in [1.82, 2.24) is 5.32 Å². The van der Waals surface area contributed by atoms with Gasteiger partial charge in [-0.05, 0) is 43.7 Å². The van der Waals surface area contributed by atoms with E-state index in [2.05, 4.69) is 10.6 Å². The van der Waals surface area contributed by atoms with E-state index in [0.29, 0.717) is 18.0 Å². The maximum absolute atomic E-state index is 12.0. The molecular formula is C18H20N2O3. The largest absolute Gasteiger partial charge is 0.494 e. The normalized spacial score (nSPS) is 11.4. The quantitative estimate of drug-likeness (QED) is 0.834. The van der Waals surface area contributed by atoms with Crippen LogP contribution in [0.2, 0.25) is 0 Å². The highest BCUT2D eigenvalue weighted by Gasteiger charge is 2.17. The summed E-state index contributed by atoms with van der Waals surface area (Å²) in [5.74, 6) is -0.653. The summed E-state index contributed by atoms with van der Waals surface area (Å²) < 4.78 is 5.32. The molecule has 2 aromatic carbocycles. The highest BCUT2D eigenvalue weighted by atomic mass is 16.5. The summed E-state index contributed by atoms with van der Waals surface area (Å²) in [5, 5.41) is 5.23. The monoisotopic (exact) mass is 312 g/mol. The van der Waals surface area contributed by atoms with Crippen molar-refractivity contribution in [3.8, 4) is 5.75 Å². The standard InChI is InChI=1S/C18H20N2O3/c1-3-23-16-11-9-15(10-12-16)20-18(22)17(21)19-13(2)14-7-5-4-6-8-14/h4-13H,3H2,1-2H3,(H,19,21)(H,20,22). The van der Waals surface area contributed by atoms with Gasteiger partial charge < -0.3 is 15.4 Å². The van der Waals surface area contributed by atoms with E-state index in [4.69, 9.17) is 4.74 Å². The van der Waals surface area contributed by atoms with Crippen LogP contribution in [0.15, 0.2) is 54.6 Å². The van der Waals surface area contributed by atoms with Crippen LogP contribution in [-0.2, 0) is 9.59 Å². The second-order valence-corrected chi connectivity index (χ2v) is 5.02. The molecule has 0 saturated heterocycles. The summed E-state index contributed by atoms with van der Waals surface area (Å²) in [7, 11) is 0. The first-order chi connectivity index (χ1) is 11.1. The predicted molar refractivity (Wildman–Crippen MR) is 89.2 cm³/mol. The lowest BCUT2D eigenvalue weighted by Gasteiger charge is -2.14. The van der Waals surface area contributed by atoms with Crippen LogP contribution in [0.3, 0.4) is 0 Å². The van der Waals surface area contributed by atoms with Gasteiger partial charge >= 0.3 is 11.8 Å². The molecular weight excluding hydrogens is 292 g/mol. The number of anilines is 1. The summed E-state index contributed by atoms with van der Waals surface area (Å²) in [4.78, 5) is 23.9. The number of carbonyl (C=O) groups is 2. The van der Waals surface area contributed by atoms with Crippen LogP contribution in [0.4, 0.5) is 5.69 Å². The first-order valence-corrected chi connectivity index (χ1v) is 7.49. The van der Waals surface area contributed by atoms with Crippen LogP contribution < -0.4 is 15.4 Å². The van der Waals surface area contributed by atoms with E-state index in [-0.39, 0.29) is 6.04 Å². The fourth-order valence-electron chi connectivity index (χ4n) is 2.08. The van der Waals surface area contributed by atoms with Gasteiger partial charge in [0.05, 0.1) is 12.6 Å². The van der Waals surface area contributed by atoms with Gasteiger partial charge in [-0.2, -0.15) is 0 Å². The van der Waals surface area contributed by atoms with Crippen molar-refractivity contribution in [2.24, 2.45) is 0 Å². The molecule has 2 rings (SSSR count). The van der Waals surface area contributed by atoms with Gasteiger partial charge in [-0.25, -0.2) is 0 Å². The number of nitrogens with one attached hydrogen (secondary N) is 2. The molecule has 0 saturated carbocycles. The second kappa shape index (κ2) is 7.98. The zero-order valence-electron chi connectivity index (χ0n) is 13.2. The fourth-order valence-corrected chi connectivity index (χ4v) is 2.08. The number of hydrogen-bond acceptors (Lipinski definition) is 3.